The van der Waals surface area contributed by atoms with Crippen LogP contribution in [-0.2, 0) is 0 Å². The number of carbonyl (C=O) groups is 1. The quantitative estimate of drug-likeness (QED) is 0.875. The number of benzene rings is 1. The number of hydrogen-bond donors (Lipinski definition) is 2. The number of hydrogen-bond acceptors (Lipinski definition) is 3. The molecule has 104 valence electrons. The maximum atomic E-state index is 13.7. The molecule has 1 aromatic carbocycles. The average Bonchev–Trinajstić information content (AvgIpc) is 2.40. The maximum Gasteiger partial charge on any atom is 0.258 e. The fourth-order valence-corrected chi connectivity index (χ4v) is 2.27. The van der Waals surface area contributed by atoms with Crippen LogP contribution in [0.3, 0.4) is 0 Å². The number of amides is 1. The Hall–Kier alpha value is -1.62. The molecule has 1 aromatic rings. The maximum absolute atomic E-state index is 13.7. The third-order valence-electron chi connectivity index (χ3n) is 3.42. The summed E-state index contributed by atoms with van der Waals surface area (Å²) in [4.78, 5) is 12.1. The minimum Gasteiger partial charge on any atom is -0.496 e. The van der Waals surface area contributed by atoms with Crippen LogP contribution in [-0.4, -0.2) is 31.6 Å². The second-order valence-corrected chi connectivity index (χ2v) is 4.87. The van der Waals surface area contributed by atoms with Crippen LogP contribution in [0.5, 0.6) is 5.75 Å². The lowest BCUT2D eigenvalue weighted by molar-refractivity contribution is 0.0920. The van der Waals surface area contributed by atoms with Gasteiger partial charge in [0.2, 0.25) is 0 Å². The molecule has 4 nitrogen and oxygen atoms in total. The number of ether oxygens (including phenoxy) is 1. The van der Waals surface area contributed by atoms with Crippen LogP contribution in [0, 0.1) is 5.82 Å². The van der Waals surface area contributed by atoms with Gasteiger partial charge in [-0.05, 0) is 31.9 Å². The molecule has 2 atom stereocenters. The SMILES string of the molecule is COc1cccc(F)c1C(=O)NC1CCC(C)NC1. The van der Waals surface area contributed by atoms with E-state index in [9.17, 15) is 9.18 Å². The normalized spacial score (nSPS) is 22.9. The van der Waals surface area contributed by atoms with Gasteiger partial charge >= 0.3 is 0 Å². The molecule has 1 amide bonds. The molecule has 1 heterocycles. The van der Waals surface area contributed by atoms with Crippen LogP contribution < -0.4 is 15.4 Å². The van der Waals surface area contributed by atoms with Crippen molar-refractivity contribution in [2.24, 2.45) is 0 Å². The first-order chi connectivity index (χ1) is 9.11. The smallest absolute Gasteiger partial charge is 0.258 e. The van der Waals surface area contributed by atoms with Gasteiger partial charge in [0.15, 0.2) is 0 Å². The summed E-state index contributed by atoms with van der Waals surface area (Å²) in [5.41, 5.74) is -0.0244. The van der Waals surface area contributed by atoms with Gasteiger partial charge in [-0.15, -0.1) is 0 Å². The van der Waals surface area contributed by atoms with E-state index in [1.54, 1.807) is 6.07 Å². The second-order valence-electron chi connectivity index (χ2n) is 4.87. The lowest BCUT2D eigenvalue weighted by Gasteiger charge is -2.28. The van der Waals surface area contributed by atoms with Gasteiger partial charge in [0, 0.05) is 18.6 Å². The van der Waals surface area contributed by atoms with E-state index >= 15 is 0 Å². The van der Waals surface area contributed by atoms with E-state index in [-0.39, 0.29) is 17.4 Å². The summed E-state index contributed by atoms with van der Waals surface area (Å²) in [7, 11) is 1.43. The summed E-state index contributed by atoms with van der Waals surface area (Å²) in [6.45, 7) is 2.82. The zero-order valence-corrected chi connectivity index (χ0v) is 11.2. The first kappa shape index (κ1) is 13.8. The highest BCUT2D eigenvalue weighted by molar-refractivity contribution is 5.97. The molecule has 2 rings (SSSR count). The van der Waals surface area contributed by atoms with Crippen LogP contribution in [0.1, 0.15) is 30.1 Å². The van der Waals surface area contributed by atoms with Crippen molar-refractivity contribution < 1.29 is 13.9 Å². The number of halogens is 1. The molecule has 0 aliphatic carbocycles. The molecule has 0 radical (unpaired) electrons. The van der Waals surface area contributed by atoms with Crippen molar-refractivity contribution >= 4 is 5.91 Å². The van der Waals surface area contributed by atoms with Crippen molar-refractivity contribution in [3.05, 3.63) is 29.6 Å². The van der Waals surface area contributed by atoms with E-state index in [1.165, 1.54) is 19.2 Å². The Morgan fingerprint density at radius 2 is 2.26 bits per heavy atom. The van der Waals surface area contributed by atoms with Crippen molar-refractivity contribution in [3.63, 3.8) is 0 Å². The van der Waals surface area contributed by atoms with E-state index in [1.807, 2.05) is 0 Å². The third-order valence-corrected chi connectivity index (χ3v) is 3.42. The van der Waals surface area contributed by atoms with Gasteiger partial charge in [-0.25, -0.2) is 4.39 Å². The van der Waals surface area contributed by atoms with Gasteiger partial charge < -0.3 is 15.4 Å². The zero-order chi connectivity index (χ0) is 13.8. The molecule has 1 fully saturated rings. The Kier molecular flexibility index (Phi) is 4.37. The molecule has 1 aliphatic heterocycles. The molecule has 0 saturated carbocycles. The van der Waals surface area contributed by atoms with Gasteiger partial charge in [-0.1, -0.05) is 6.07 Å². The summed E-state index contributed by atoms with van der Waals surface area (Å²) < 4.78 is 18.8. The predicted octanol–water partition coefficient (Wildman–Crippen LogP) is 1.70. The largest absolute Gasteiger partial charge is 0.496 e. The molecule has 1 aliphatic rings. The van der Waals surface area contributed by atoms with Gasteiger partial charge in [-0.3, -0.25) is 4.79 Å². The Morgan fingerprint density at radius 1 is 1.47 bits per heavy atom. The van der Waals surface area contributed by atoms with E-state index in [0.717, 1.165) is 12.8 Å². The highest BCUT2D eigenvalue weighted by Crippen LogP contribution is 2.21. The van der Waals surface area contributed by atoms with Crippen LogP contribution in [0.4, 0.5) is 4.39 Å². The first-order valence-electron chi connectivity index (χ1n) is 6.48. The van der Waals surface area contributed by atoms with E-state index < -0.39 is 11.7 Å². The van der Waals surface area contributed by atoms with Crippen LogP contribution >= 0.6 is 0 Å². The van der Waals surface area contributed by atoms with E-state index in [4.69, 9.17) is 4.74 Å². The molecule has 1 saturated heterocycles. The third kappa shape index (κ3) is 3.23. The standard InChI is InChI=1S/C14H19FN2O2/c1-9-6-7-10(8-16-9)17-14(18)13-11(15)4-3-5-12(13)19-2/h3-5,9-10,16H,6-8H2,1-2H3,(H,17,18). The van der Waals surface area contributed by atoms with Gasteiger partial charge in [0.05, 0.1) is 7.11 Å². The summed E-state index contributed by atoms with van der Waals surface area (Å²) in [5, 5.41) is 6.14. The Bertz CT molecular complexity index is 457. The molecule has 0 spiro atoms. The topological polar surface area (TPSA) is 50.4 Å². The minimum absolute atomic E-state index is 0.0244. The van der Waals surface area contributed by atoms with Crippen molar-refractivity contribution in [1.29, 1.82) is 0 Å². The van der Waals surface area contributed by atoms with Crippen LogP contribution in [0.15, 0.2) is 18.2 Å². The van der Waals surface area contributed by atoms with Crippen molar-refractivity contribution in [2.75, 3.05) is 13.7 Å². The Morgan fingerprint density at radius 3 is 2.89 bits per heavy atom. The molecule has 5 heteroatoms. The summed E-state index contributed by atoms with van der Waals surface area (Å²) in [5.74, 6) is -0.722. The average molecular weight is 266 g/mol. The molecular formula is C14H19FN2O2. The number of rotatable bonds is 3. The first-order valence-corrected chi connectivity index (χ1v) is 6.48. The summed E-state index contributed by atoms with van der Waals surface area (Å²) >= 11 is 0. The monoisotopic (exact) mass is 266 g/mol. The van der Waals surface area contributed by atoms with Crippen LogP contribution in [0.25, 0.3) is 0 Å². The lowest BCUT2D eigenvalue weighted by Crippen LogP contribution is -2.48. The second kappa shape index (κ2) is 6.02. The molecule has 2 unspecified atom stereocenters. The number of piperidine rings is 1. The number of nitrogens with one attached hydrogen (secondary N) is 2. The van der Waals surface area contributed by atoms with Crippen molar-refractivity contribution in [3.8, 4) is 5.75 Å². The van der Waals surface area contributed by atoms with Crippen LogP contribution in [0.2, 0.25) is 0 Å². The van der Waals surface area contributed by atoms with Gasteiger partial charge in [0.25, 0.3) is 5.91 Å². The van der Waals surface area contributed by atoms with Gasteiger partial charge in [-0.2, -0.15) is 0 Å². The molecular weight excluding hydrogens is 247 g/mol. The fraction of sp³-hybridized carbons (Fsp3) is 0.500. The Balaban J connectivity index is 2.08. The Labute approximate surface area is 112 Å². The van der Waals surface area contributed by atoms with E-state index in [2.05, 4.69) is 17.6 Å². The highest BCUT2D eigenvalue weighted by atomic mass is 19.1. The van der Waals surface area contributed by atoms with Crippen molar-refractivity contribution in [2.45, 2.75) is 31.8 Å². The molecule has 19 heavy (non-hydrogen) atoms. The summed E-state index contributed by atoms with van der Waals surface area (Å²) in [6, 6.07) is 4.87. The number of carbonyl (C=O) groups excluding carboxylic acids is 1. The van der Waals surface area contributed by atoms with E-state index in [0.29, 0.717) is 12.6 Å². The number of methoxy groups -OCH3 is 1. The molecule has 0 bridgehead atoms. The molecule has 0 aromatic heterocycles. The van der Waals surface area contributed by atoms with Gasteiger partial charge in [0.1, 0.15) is 17.1 Å². The predicted molar refractivity (Wildman–Crippen MR) is 70.9 cm³/mol. The van der Waals surface area contributed by atoms with Crippen molar-refractivity contribution in [1.82, 2.24) is 10.6 Å². The zero-order valence-electron chi connectivity index (χ0n) is 11.2. The molecule has 2 N–H and O–H groups in total. The highest BCUT2D eigenvalue weighted by Gasteiger charge is 2.23. The lowest BCUT2D eigenvalue weighted by atomic mass is 10.0. The fourth-order valence-electron chi connectivity index (χ4n) is 2.27. The summed E-state index contributed by atoms with van der Waals surface area (Å²) in [6.07, 6.45) is 1.90. The minimum atomic E-state index is -0.561.